The van der Waals surface area contributed by atoms with Gasteiger partial charge >= 0.3 is 0 Å². The van der Waals surface area contributed by atoms with Crippen molar-refractivity contribution >= 4 is 11.5 Å². The number of β-amino-alcohol motifs (C(OH)–C–C–N with tert-alkyl or cyclic N) is 1. The summed E-state index contributed by atoms with van der Waals surface area (Å²) in [7, 11) is 0. The van der Waals surface area contributed by atoms with Crippen molar-refractivity contribution in [3.63, 3.8) is 0 Å². The van der Waals surface area contributed by atoms with E-state index >= 15 is 0 Å². The van der Waals surface area contributed by atoms with Crippen LogP contribution in [0, 0.1) is 0 Å². The van der Waals surface area contributed by atoms with Crippen molar-refractivity contribution in [2.75, 3.05) is 23.7 Å². The number of hydrogen-bond acceptors (Lipinski definition) is 4. The second kappa shape index (κ2) is 3.70. The van der Waals surface area contributed by atoms with E-state index < -0.39 is 5.60 Å². The highest BCUT2D eigenvalue weighted by Crippen LogP contribution is 2.25. The quantitative estimate of drug-likeness (QED) is 0.721. The molecule has 1 atom stereocenters. The zero-order chi connectivity index (χ0) is 10.9. The lowest BCUT2D eigenvalue weighted by Gasteiger charge is -2.38. The fourth-order valence-electron chi connectivity index (χ4n) is 2.07. The van der Waals surface area contributed by atoms with E-state index in [2.05, 4.69) is 9.88 Å². The molecule has 0 amide bonds. The maximum Gasteiger partial charge on any atom is 0.125 e. The van der Waals surface area contributed by atoms with Gasteiger partial charge in [0.1, 0.15) is 5.82 Å². The van der Waals surface area contributed by atoms with Gasteiger partial charge in [-0.15, -0.1) is 0 Å². The molecular weight excluding hydrogens is 190 g/mol. The Hall–Kier alpha value is -1.29. The number of nitrogen functional groups attached to an aromatic ring is 1. The van der Waals surface area contributed by atoms with Crippen molar-refractivity contribution in [1.29, 1.82) is 0 Å². The van der Waals surface area contributed by atoms with E-state index in [1.54, 1.807) is 6.20 Å². The molecule has 3 N–H and O–H groups in total. The van der Waals surface area contributed by atoms with Crippen LogP contribution in [-0.2, 0) is 0 Å². The highest BCUT2D eigenvalue weighted by Gasteiger charge is 2.28. The minimum Gasteiger partial charge on any atom is -0.388 e. The summed E-state index contributed by atoms with van der Waals surface area (Å²) >= 11 is 0. The van der Waals surface area contributed by atoms with Crippen LogP contribution in [0.2, 0.25) is 0 Å². The molecular formula is C11H17N3O. The molecule has 1 aromatic rings. The molecule has 0 saturated carbocycles. The van der Waals surface area contributed by atoms with E-state index in [1.807, 2.05) is 19.1 Å². The summed E-state index contributed by atoms with van der Waals surface area (Å²) in [5.74, 6) is 0.526. The summed E-state index contributed by atoms with van der Waals surface area (Å²) in [5, 5.41) is 9.99. The number of hydrogen-bond donors (Lipinski definition) is 2. The predicted molar refractivity (Wildman–Crippen MR) is 60.7 cm³/mol. The minimum atomic E-state index is -0.587. The molecule has 1 aliphatic heterocycles. The van der Waals surface area contributed by atoms with E-state index in [0.717, 1.165) is 25.1 Å². The van der Waals surface area contributed by atoms with Crippen molar-refractivity contribution in [3.05, 3.63) is 18.3 Å². The number of nitrogens with zero attached hydrogens (tertiary/aromatic N) is 2. The average molecular weight is 207 g/mol. The van der Waals surface area contributed by atoms with Gasteiger partial charge < -0.3 is 15.7 Å². The first kappa shape index (κ1) is 10.2. The van der Waals surface area contributed by atoms with E-state index in [4.69, 9.17) is 5.73 Å². The van der Waals surface area contributed by atoms with Crippen molar-refractivity contribution in [3.8, 4) is 0 Å². The maximum atomic E-state index is 9.99. The molecule has 1 saturated heterocycles. The summed E-state index contributed by atoms with van der Waals surface area (Å²) < 4.78 is 0. The highest BCUT2D eigenvalue weighted by atomic mass is 16.3. The maximum absolute atomic E-state index is 9.99. The molecule has 0 aliphatic carbocycles. The number of rotatable bonds is 1. The van der Waals surface area contributed by atoms with Gasteiger partial charge in [0, 0.05) is 31.0 Å². The predicted octanol–water partition coefficient (Wildman–Crippen LogP) is 1.02. The normalized spacial score (nSPS) is 26.7. The lowest BCUT2D eigenvalue weighted by atomic mass is 9.95. The lowest BCUT2D eigenvalue weighted by molar-refractivity contribution is 0.0449. The summed E-state index contributed by atoms with van der Waals surface area (Å²) in [4.78, 5) is 6.11. The molecule has 1 fully saturated rings. The summed E-state index contributed by atoms with van der Waals surface area (Å²) in [6, 6.07) is 3.78. The van der Waals surface area contributed by atoms with Crippen molar-refractivity contribution in [2.45, 2.75) is 25.4 Å². The standard InChI is InChI=1S/C11H17N3O/c1-11(15)4-2-6-14(8-11)9-3-5-13-10(12)7-9/h3,5,7,15H,2,4,6,8H2,1H3,(H2,12,13). The van der Waals surface area contributed by atoms with Crippen LogP contribution in [0.4, 0.5) is 11.5 Å². The lowest BCUT2D eigenvalue weighted by Crippen LogP contribution is -2.46. The van der Waals surface area contributed by atoms with Gasteiger partial charge in [-0.3, -0.25) is 0 Å². The Bertz CT molecular complexity index is 351. The zero-order valence-corrected chi connectivity index (χ0v) is 8.98. The summed E-state index contributed by atoms with van der Waals surface area (Å²) in [6.45, 7) is 3.51. The third kappa shape index (κ3) is 2.39. The van der Waals surface area contributed by atoms with Gasteiger partial charge in [0.15, 0.2) is 0 Å². The van der Waals surface area contributed by atoms with Gasteiger partial charge in [-0.2, -0.15) is 0 Å². The molecule has 2 heterocycles. The smallest absolute Gasteiger partial charge is 0.125 e. The molecule has 1 unspecified atom stereocenters. The van der Waals surface area contributed by atoms with Gasteiger partial charge in [-0.1, -0.05) is 0 Å². The molecule has 0 radical (unpaired) electrons. The Morgan fingerprint density at radius 1 is 1.60 bits per heavy atom. The molecule has 0 bridgehead atoms. The molecule has 1 aromatic heterocycles. The number of aromatic nitrogens is 1. The number of nitrogens with two attached hydrogens (primary N) is 1. The Kier molecular flexibility index (Phi) is 2.52. The van der Waals surface area contributed by atoms with Crippen molar-refractivity contribution < 1.29 is 5.11 Å². The largest absolute Gasteiger partial charge is 0.388 e. The van der Waals surface area contributed by atoms with Crippen LogP contribution in [0.15, 0.2) is 18.3 Å². The first-order valence-corrected chi connectivity index (χ1v) is 5.26. The number of piperidine rings is 1. The van der Waals surface area contributed by atoms with Crippen LogP contribution in [0.3, 0.4) is 0 Å². The van der Waals surface area contributed by atoms with Crippen molar-refractivity contribution in [1.82, 2.24) is 4.98 Å². The molecule has 4 heteroatoms. The van der Waals surface area contributed by atoms with E-state index in [0.29, 0.717) is 12.4 Å². The monoisotopic (exact) mass is 207 g/mol. The van der Waals surface area contributed by atoms with Crippen LogP contribution < -0.4 is 10.6 Å². The van der Waals surface area contributed by atoms with E-state index in [-0.39, 0.29) is 0 Å². The van der Waals surface area contributed by atoms with Crippen LogP contribution in [0.25, 0.3) is 0 Å². The Morgan fingerprint density at radius 2 is 2.40 bits per heavy atom. The fourth-order valence-corrected chi connectivity index (χ4v) is 2.07. The minimum absolute atomic E-state index is 0.526. The van der Waals surface area contributed by atoms with Crippen LogP contribution >= 0.6 is 0 Å². The van der Waals surface area contributed by atoms with Crippen LogP contribution in [0.1, 0.15) is 19.8 Å². The van der Waals surface area contributed by atoms with Crippen molar-refractivity contribution in [2.24, 2.45) is 0 Å². The van der Waals surface area contributed by atoms with Gasteiger partial charge in [-0.05, 0) is 25.8 Å². The Balaban J connectivity index is 2.17. The number of aliphatic hydroxyl groups is 1. The van der Waals surface area contributed by atoms with Gasteiger partial charge in [-0.25, -0.2) is 4.98 Å². The summed E-state index contributed by atoms with van der Waals surface area (Å²) in [5.41, 5.74) is 6.09. The second-order valence-corrected chi connectivity index (χ2v) is 4.46. The van der Waals surface area contributed by atoms with E-state index in [1.165, 1.54) is 0 Å². The number of anilines is 2. The van der Waals surface area contributed by atoms with Crippen LogP contribution in [0.5, 0.6) is 0 Å². The van der Waals surface area contributed by atoms with Gasteiger partial charge in [0.2, 0.25) is 0 Å². The first-order chi connectivity index (χ1) is 7.07. The zero-order valence-electron chi connectivity index (χ0n) is 8.98. The summed E-state index contributed by atoms with van der Waals surface area (Å²) in [6.07, 6.45) is 3.58. The molecule has 82 valence electrons. The first-order valence-electron chi connectivity index (χ1n) is 5.26. The fraction of sp³-hybridized carbons (Fsp3) is 0.545. The second-order valence-electron chi connectivity index (χ2n) is 4.46. The molecule has 0 aromatic carbocycles. The van der Waals surface area contributed by atoms with E-state index in [9.17, 15) is 5.11 Å². The van der Waals surface area contributed by atoms with Gasteiger partial charge in [0.05, 0.1) is 5.60 Å². The SMILES string of the molecule is CC1(O)CCCN(c2ccnc(N)c2)C1. The van der Waals surface area contributed by atoms with Crippen LogP contribution in [-0.4, -0.2) is 28.8 Å². The Morgan fingerprint density at radius 3 is 3.07 bits per heavy atom. The molecule has 1 aliphatic rings. The highest BCUT2D eigenvalue weighted by molar-refractivity contribution is 5.52. The third-order valence-corrected chi connectivity index (χ3v) is 2.80. The molecule has 4 nitrogen and oxygen atoms in total. The Labute approximate surface area is 89.7 Å². The van der Waals surface area contributed by atoms with Gasteiger partial charge in [0.25, 0.3) is 0 Å². The molecule has 2 rings (SSSR count). The average Bonchev–Trinajstić information content (AvgIpc) is 2.16. The third-order valence-electron chi connectivity index (χ3n) is 2.80. The number of pyridine rings is 1. The molecule has 0 spiro atoms. The molecule has 15 heavy (non-hydrogen) atoms. The topological polar surface area (TPSA) is 62.4 Å².